The highest BCUT2D eigenvalue weighted by Gasteiger charge is 1.79. The second-order valence-electron chi connectivity index (χ2n) is 1.03. The molecular formula is C3H8ClNSi. The van der Waals surface area contributed by atoms with Crippen LogP contribution < -0.4 is 5.73 Å². The third kappa shape index (κ3) is 4.47. The van der Waals surface area contributed by atoms with E-state index in [1.807, 2.05) is 0 Å². The predicted molar refractivity (Wildman–Crippen MR) is 30.1 cm³/mol. The maximum atomic E-state index is 5.35. The van der Waals surface area contributed by atoms with Gasteiger partial charge >= 0.3 is 0 Å². The molecule has 0 rings (SSSR count). The Morgan fingerprint density at radius 3 is 2.50 bits per heavy atom. The maximum absolute atomic E-state index is 5.35. The van der Waals surface area contributed by atoms with Gasteiger partial charge in [-0.3, -0.25) is 0 Å². The molecule has 0 bridgehead atoms. The molecule has 0 aromatic heterocycles. The zero-order valence-corrected chi connectivity index (χ0v) is 5.33. The molecule has 0 aliphatic heterocycles. The highest BCUT2D eigenvalue weighted by molar-refractivity contribution is 6.93. The highest BCUT2D eigenvalue weighted by Crippen LogP contribution is 1.85. The fraction of sp³-hybridized carbons (Fsp3) is 1.00. The van der Waals surface area contributed by atoms with Crippen LogP contribution in [0.1, 0.15) is 6.42 Å². The second-order valence-corrected chi connectivity index (χ2v) is 2.59. The van der Waals surface area contributed by atoms with Crippen LogP contribution in [-0.4, -0.2) is 15.4 Å². The van der Waals surface area contributed by atoms with E-state index in [4.69, 9.17) is 16.8 Å². The second kappa shape index (κ2) is 5.47. The molecule has 2 N–H and O–H groups in total. The van der Waals surface area contributed by atoms with Crippen LogP contribution in [0.3, 0.4) is 0 Å². The van der Waals surface area contributed by atoms with Gasteiger partial charge in [0.05, 0.1) is 0 Å². The van der Waals surface area contributed by atoms with Crippen LogP contribution in [0.5, 0.6) is 0 Å². The molecule has 0 spiro atoms. The zero-order valence-electron chi connectivity index (χ0n) is 3.58. The van der Waals surface area contributed by atoms with Gasteiger partial charge in [0.2, 0.25) is 0 Å². The smallest absolute Gasteiger partial charge is 0.171 e. The summed E-state index contributed by atoms with van der Waals surface area (Å²) in [4.78, 5) is 0. The van der Waals surface area contributed by atoms with Gasteiger partial charge in [-0.2, -0.15) is 11.1 Å². The Morgan fingerprint density at radius 1 is 1.67 bits per heavy atom. The van der Waals surface area contributed by atoms with E-state index in [0.29, 0.717) is 8.83 Å². The van der Waals surface area contributed by atoms with E-state index < -0.39 is 0 Å². The minimum atomic E-state index is 0.557. The summed E-state index contributed by atoms with van der Waals surface area (Å²) in [5, 5.41) is 0. The van der Waals surface area contributed by atoms with Crippen molar-refractivity contribution in [2.75, 3.05) is 6.54 Å². The van der Waals surface area contributed by atoms with Gasteiger partial charge in [0, 0.05) is 0 Å². The molecule has 0 atom stereocenters. The Bertz CT molecular complexity index is 22.8. The summed E-state index contributed by atoms with van der Waals surface area (Å²) in [5.74, 6) is 0. The van der Waals surface area contributed by atoms with E-state index in [9.17, 15) is 0 Å². The molecule has 0 amide bonds. The summed E-state index contributed by atoms with van der Waals surface area (Å²) in [6, 6.07) is 1.08. The van der Waals surface area contributed by atoms with Gasteiger partial charge in [-0.25, -0.2) is 0 Å². The molecule has 0 aliphatic carbocycles. The van der Waals surface area contributed by atoms with E-state index in [1.54, 1.807) is 0 Å². The minimum Gasteiger partial charge on any atom is -0.330 e. The van der Waals surface area contributed by atoms with Gasteiger partial charge < -0.3 is 5.73 Å². The highest BCUT2D eigenvalue weighted by atomic mass is 35.6. The van der Waals surface area contributed by atoms with Crippen LogP contribution in [0.2, 0.25) is 6.04 Å². The Labute approximate surface area is 45.4 Å². The van der Waals surface area contributed by atoms with Crippen molar-refractivity contribution in [1.82, 2.24) is 0 Å². The molecule has 0 unspecified atom stereocenters. The topological polar surface area (TPSA) is 26.0 Å². The first-order valence-electron chi connectivity index (χ1n) is 1.95. The SMILES string of the molecule is NCCC[Si]Cl. The summed E-state index contributed by atoms with van der Waals surface area (Å²) in [6.07, 6.45) is 1.07. The Kier molecular flexibility index (Phi) is 5.89. The molecule has 1 nitrogen and oxygen atoms in total. The maximum Gasteiger partial charge on any atom is 0.171 e. The molecule has 0 heterocycles. The Morgan fingerprint density at radius 2 is 2.33 bits per heavy atom. The minimum absolute atomic E-state index is 0.557. The van der Waals surface area contributed by atoms with E-state index in [0.717, 1.165) is 19.0 Å². The van der Waals surface area contributed by atoms with Crippen LogP contribution in [0.25, 0.3) is 0 Å². The molecule has 0 aliphatic rings. The first-order chi connectivity index (χ1) is 2.91. The molecule has 0 saturated carbocycles. The molecule has 0 aromatic rings. The summed E-state index contributed by atoms with van der Waals surface area (Å²) in [5.41, 5.74) is 5.16. The van der Waals surface area contributed by atoms with Gasteiger partial charge in [-0.15, -0.1) is 0 Å². The first-order valence-corrected chi connectivity index (χ1v) is 4.17. The molecule has 2 radical (unpaired) electrons. The lowest BCUT2D eigenvalue weighted by atomic mass is 10.5. The summed E-state index contributed by atoms with van der Waals surface area (Å²) >= 11 is 5.35. The van der Waals surface area contributed by atoms with Crippen LogP contribution in [-0.2, 0) is 0 Å². The molecular weight excluding hydrogens is 114 g/mol. The van der Waals surface area contributed by atoms with Gasteiger partial charge in [0.15, 0.2) is 8.83 Å². The molecule has 0 aromatic carbocycles. The average molecular weight is 122 g/mol. The lowest BCUT2D eigenvalue weighted by molar-refractivity contribution is 0.928. The average Bonchev–Trinajstić information content (AvgIpc) is 1.61. The summed E-state index contributed by atoms with van der Waals surface area (Å²) < 4.78 is 0. The summed E-state index contributed by atoms with van der Waals surface area (Å²) in [7, 11) is 0.557. The molecule has 6 heavy (non-hydrogen) atoms. The standard InChI is InChI=1S/C3H8ClNSi/c4-6-3-1-2-5/h1-3,5H2. The van der Waals surface area contributed by atoms with E-state index in [2.05, 4.69) is 0 Å². The molecule has 0 saturated heterocycles. The van der Waals surface area contributed by atoms with Gasteiger partial charge in [0.25, 0.3) is 0 Å². The van der Waals surface area contributed by atoms with Crippen molar-refractivity contribution in [1.29, 1.82) is 0 Å². The van der Waals surface area contributed by atoms with Crippen molar-refractivity contribution in [2.24, 2.45) is 5.73 Å². The number of hydrogen-bond donors (Lipinski definition) is 1. The molecule has 0 fully saturated rings. The fourth-order valence-corrected chi connectivity index (χ4v) is 0.908. The van der Waals surface area contributed by atoms with E-state index in [-0.39, 0.29) is 0 Å². The van der Waals surface area contributed by atoms with Crippen LogP contribution in [0, 0.1) is 0 Å². The molecule has 3 heteroatoms. The van der Waals surface area contributed by atoms with E-state index in [1.165, 1.54) is 0 Å². The lowest BCUT2D eigenvalue weighted by Crippen LogP contribution is -1.97. The number of nitrogens with two attached hydrogens (primary N) is 1. The first kappa shape index (κ1) is 6.47. The van der Waals surface area contributed by atoms with Gasteiger partial charge in [-0.1, -0.05) is 0 Å². The quantitative estimate of drug-likeness (QED) is 0.331. The van der Waals surface area contributed by atoms with Crippen LogP contribution >= 0.6 is 11.1 Å². The Balaban J connectivity index is 2.34. The van der Waals surface area contributed by atoms with Gasteiger partial charge in [0.1, 0.15) is 0 Å². The predicted octanol–water partition coefficient (Wildman–Crippen LogP) is 0.612. The zero-order chi connectivity index (χ0) is 4.83. The molecule has 36 valence electrons. The lowest BCUT2D eigenvalue weighted by Gasteiger charge is -1.83. The number of rotatable bonds is 3. The van der Waals surface area contributed by atoms with Gasteiger partial charge in [-0.05, 0) is 19.0 Å². The largest absolute Gasteiger partial charge is 0.330 e. The van der Waals surface area contributed by atoms with Crippen molar-refractivity contribution < 1.29 is 0 Å². The third-order valence-electron chi connectivity index (χ3n) is 0.475. The Hall–Kier alpha value is 0.467. The van der Waals surface area contributed by atoms with Crippen molar-refractivity contribution in [3.8, 4) is 0 Å². The monoisotopic (exact) mass is 121 g/mol. The van der Waals surface area contributed by atoms with Crippen molar-refractivity contribution in [2.45, 2.75) is 12.5 Å². The fourth-order valence-electron chi connectivity index (χ4n) is 0.169. The third-order valence-corrected chi connectivity index (χ3v) is 1.58. The number of hydrogen-bond acceptors (Lipinski definition) is 1. The van der Waals surface area contributed by atoms with E-state index >= 15 is 0 Å². The normalized spacial score (nSPS) is 9.00. The van der Waals surface area contributed by atoms with Crippen LogP contribution in [0.4, 0.5) is 0 Å². The number of halogens is 1. The summed E-state index contributed by atoms with van der Waals surface area (Å²) in [6.45, 7) is 0.778. The van der Waals surface area contributed by atoms with Crippen molar-refractivity contribution in [3.63, 3.8) is 0 Å². The van der Waals surface area contributed by atoms with Crippen molar-refractivity contribution in [3.05, 3.63) is 0 Å². The van der Waals surface area contributed by atoms with Crippen molar-refractivity contribution >= 4 is 19.9 Å². The van der Waals surface area contributed by atoms with Crippen LogP contribution in [0.15, 0.2) is 0 Å².